The Morgan fingerprint density at radius 1 is 0.947 bits per heavy atom. The minimum absolute atomic E-state index is 0.452. The molecule has 0 radical (unpaired) electrons. The smallest absolute Gasteiger partial charge is 0.130 e. The van der Waals surface area contributed by atoms with Crippen LogP contribution in [0.5, 0.6) is 11.5 Å². The maximum atomic E-state index is 6.01. The van der Waals surface area contributed by atoms with Gasteiger partial charge in [-0.1, -0.05) is 36.4 Å². The van der Waals surface area contributed by atoms with E-state index in [-0.39, 0.29) is 0 Å². The monoisotopic (exact) mass is 254 g/mol. The van der Waals surface area contributed by atoms with E-state index in [1.165, 1.54) is 12.0 Å². The fourth-order valence-electron chi connectivity index (χ4n) is 2.51. The third-order valence-corrected chi connectivity index (χ3v) is 3.49. The molecule has 1 aliphatic heterocycles. The summed E-state index contributed by atoms with van der Waals surface area (Å²) in [5.41, 5.74) is 1.26. The van der Waals surface area contributed by atoms with Crippen LogP contribution in [-0.2, 0) is 4.74 Å². The van der Waals surface area contributed by atoms with Crippen LogP contribution in [0, 0.1) is 0 Å². The van der Waals surface area contributed by atoms with Crippen molar-refractivity contribution in [1.29, 1.82) is 0 Å². The highest BCUT2D eigenvalue weighted by Gasteiger charge is 2.19. The number of ether oxygens (including phenoxy) is 2. The lowest BCUT2D eigenvalue weighted by Gasteiger charge is -2.24. The van der Waals surface area contributed by atoms with Crippen LogP contribution in [-0.4, -0.2) is 13.2 Å². The Morgan fingerprint density at radius 2 is 1.74 bits per heavy atom. The minimum atomic E-state index is 0.452. The van der Waals surface area contributed by atoms with Crippen LogP contribution >= 0.6 is 0 Å². The Labute approximate surface area is 114 Å². The van der Waals surface area contributed by atoms with E-state index in [1.807, 2.05) is 42.5 Å². The predicted molar refractivity (Wildman–Crippen MR) is 75.8 cm³/mol. The Bertz CT molecular complexity index is 516. The standard InChI is InChI=1S/C17H18O2/c1-2-8-15(9-3-1)19-17-11-5-4-10-16(17)14-7-6-12-18-13-14/h1-5,8-11,14H,6-7,12-13H2. The van der Waals surface area contributed by atoms with Gasteiger partial charge in [-0.15, -0.1) is 0 Å². The molecule has 3 rings (SSSR count). The van der Waals surface area contributed by atoms with E-state index >= 15 is 0 Å². The summed E-state index contributed by atoms with van der Waals surface area (Å²) in [4.78, 5) is 0. The lowest BCUT2D eigenvalue weighted by Crippen LogP contribution is -2.16. The van der Waals surface area contributed by atoms with Gasteiger partial charge < -0.3 is 9.47 Å². The SMILES string of the molecule is c1ccc(Oc2ccccc2C2CCCOC2)cc1. The molecule has 0 amide bonds. The summed E-state index contributed by atoms with van der Waals surface area (Å²) in [5.74, 6) is 2.28. The molecule has 1 heterocycles. The van der Waals surface area contributed by atoms with Gasteiger partial charge in [0.25, 0.3) is 0 Å². The molecule has 1 saturated heterocycles. The second-order valence-electron chi connectivity index (χ2n) is 4.87. The van der Waals surface area contributed by atoms with E-state index in [4.69, 9.17) is 9.47 Å². The first-order chi connectivity index (χ1) is 9.43. The van der Waals surface area contributed by atoms with Crippen molar-refractivity contribution in [2.24, 2.45) is 0 Å². The highest BCUT2D eigenvalue weighted by atomic mass is 16.5. The Kier molecular flexibility index (Phi) is 3.80. The summed E-state index contributed by atoms with van der Waals surface area (Å²) < 4.78 is 11.6. The summed E-state index contributed by atoms with van der Waals surface area (Å²) in [6.07, 6.45) is 2.31. The highest BCUT2D eigenvalue weighted by molar-refractivity contribution is 5.40. The van der Waals surface area contributed by atoms with Gasteiger partial charge >= 0.3 is 0 Å². The van der Waals surface area contributed by atoms with Gasteiger partial charge in [0.1, 0.15) is 11.5 Å². The zero-order valence-corrected chi connectivity index (χ0v) is 10.9. The number of para-hydroxylation sites is 2. The van der Waals surface area contributed by atoms with Gasteiger partial charge in [-0.3, -0.25) is 0 Å². The van der Waals surface area contributed by atoms with E-state index in [9.17, 15) is 0 Å². The molecule has 2 nitrogen and oxygen atoms in total. The van der Waals surface area contributed by atoms with Crippen molar-refractivity contribution in [2.45, 2.75) is 18.8 Å². The lowest BCUT2D eigenvalue weighted by molar-refractivity contribution is 0.0798. The highest BCUT2D eigenvalue weighted by Crippen LogP contribution is 2.34. The molecule has 0 saturated carbocycles. The molecule has 0 aromatic heterocycles. The Balaban J connectivity index is 1.84. The van der Waals surface area contributed by atoms with Crippen molar-refractivity contribution < 1.29 is 9.47 Å². The Hall–Kier alpha value is -1.80. The molecule has 1 aliphatic rings. The molecule has 2 heteroatoms. The maximum Gasteiger partial charge on any atom is 0.130 e. The summed E-state index contributed by atoms with van der Waals surface area (Å²) in [6, 6.07) is 18.2. The largest absolute Gasteiger partial charge is 0.457 e. The summed E-state index contributed by atoms with van der Waals surface area (Å²) in [5, 5.41) is 0. The number of hydrogen-bond donors (Lipinski definition) is 0. The van der Waals surface area contributed by atoms with Gasteiger partial charge in [0.2, 0.25) is 0 Å². The van der Waals surface area contributed by atoms with Crippen LogP contribution in [0.1, 0.15) is 24.3 Å². The van der Waals surface area contributed by atoms with E-state index in [0.717, 1.165) is 31.1 Å². The second-order valence-corrected chi connectivity index (χ2v) is 4.87. The van der Waals surface area contributed by atoms with Gasteiger partial charge in [-0.25, -0.2) is 0 Å². The van der Waals surface area contributed by atoms with Crippen LogP contribution in [0.4, 0.5) is 0 Å². The van der Waals surface area contributed by atoms with Crippen LogP contribution in [0.15, 0.2) is 54.6 Å². The van der Waals surface area contributed by atoms with Gasteiger partial charge in [-0.05, 0) is 31.0 Å². The molecule has 19 heavy (non-hydrogen) atoms. The van der Waals surface area contributed by atoms with Crippen LogP contribution in [0.2, 0.25) is 0 Å². The average Bonchev–Trinajstić information content (AvgIpc) is 2.50. The van der Waals surface area contributed by atoms with Gasteiger partial charge in [0.05, 0.1) is 6.61 Å². The summed E-state index contributed by atoms with van der Waals surface area (Å²) in [7, 11) is 0. The normalized spacial score (nSPS) is 19.1. The summed E-state index contributed by atoms with van der Waals surface area (Å²) in [6.45, 7) is 1.69. The zero-order chi connectivity index (χ0) is 12.9. The van der Waals surface area contributed by atoms with E-state index in [2.05, 4.69) is 12.1 Å². The van der Waals surface area contributed by atoms with Crippen molar-refractivity contribution in [3.05, 3.63) is 60.2 Å². The number of hydrogen-bond acceptors (Lipinski definition) is 2. The quantitative estimate of drug-likeness (QED) is 0.809. The maximum absolute atomic E-state index is 6.01. The van der Waals surface area contributed by atoms with E-state index in [0.29, 0.717) is 5.92 Å². The zero-order valence-electron chi connectivity index (χ0n) is 10.9. The van der Waals surface area contributed by atoms with Crippen molar-refractivity contribution in [1.82, 2.24) is 0 Å². The van der Waals surface area contributed by atoms with Gasteiger partial charge in [0, 0.05) is 18.1 Å². The average molecular weight is 254 g/mol. The summed E-state index contributed by atoms with van der Waals surface area (Å²) >= 11 is 0. The molecule has 2 aromatic carbocycles. The van der Waals surface area contributed by atoms with Crippen molar-refractivity contribution in [3.8, 4) is 11.5 Å². The fraction of sp³-hybridized carbons (Fsp3) is 0.294. The second kappa shape index (κ2) is 5.89. The lowest BCUT2D eigenvalue weighted by atomic mass is 9.93. The first-order valence-electron chi connectivity index (χ1n) is 6.83. The predicted octanol–water partition coefficient (Wildman–Crippen LogP) is 4.37. The van der Waals surface area contributed by atoms with Crippen molar-refractivity contribution >= 4 is 0 Å². The molecule has 1 unspecified atom stereocenters. The molecule has 1 fully saturated rings. The molecule has 98 valence electrons. The van der Waals surface area contributed by atoms with Crippen LogP contribution < -0.4 is 4.74 Å². The third-order valence-electron chi connectivity index (χ3n) is 3.49. The molecule has 0 bridgehead atoms. The topological polar surface area (TPSA) is 18.5 Å². The first kappa shape index (κ1) is 12.2. The molecule has 2 aromatic rings. The molecule has 1 atom stereocenters. The molecular formula is C17H18O2. The minimum Gasteiger partial charge on any atom is -0.457 e. The molecule has 0 spiro atoms. The molecular weight excluding hydrogens is 236 g/mol. The number of rotatable bonds is 3. The van der Waals surface area contributed by atoms with E-state index < -0.39 is 0 Å². The Morgan fingerprint density at radius 3 is 2.53 bits per heavy atom. The van der Waals surface area contributed by atoms with Crippen LogP contribution in [0.3, 0.4) is 0 Å². The van der Waals surface area contributed by atoms with Gasteiger partial charge in [-0.2, -0.15) is 0 Å². The van der Waals surface area contributed by atoms with E-state index in [1.54, 1.807) is 0 Å². The first-order valence-corrected chi connectivity index (χ1v) is 6.83. The van der Waals surface area contributed by atoms with Gasteiger partial charge in [0.15, 0.2) is 0 Å². The van der Waals surface area contributed by atoms with Crippen LogP contribution in [0.25, 0.3) is 0 Å². The van der Waals surface area contributed by atoms with Crippen molar-refractivity contribution in [2.75, 3.05) is 13.2 Å². The fourth-order valence-corrected chi connectivity index (χ4v) is 2.51. The molecule has 0 N–H and O–H groups in total. The molecule has 0 aliphatic carbocycles. The number of benzene rings is 2. The third kappa shape index (κ3) is 2.96. The van der Waals surface area contributed by atoms with Crippen molar-refractivity contribution in [3.63, 3.8) is 0 Å².